The molecule has 0 aromatic heterocycles. The van der Waals surface area contributed by atoms with Gasteiger partial charge in [0.15, 0.2) is 11.5 Å². The fourth-order valence-corrected chi connectivity index (χ4v) is 2.42. The van der Waals surface area contributed by atoms with E-state index < -0.39 is 0 Å². The number of carbonyl (C=O) groups is 1. The van der Waals surface area contributed by atoms with Crippen LogP contribution in [0.2, 0.25) is 5.02 Å². The lowest BCUT2D eigenvalue weighted by Gasteiger charge is -2.13. The van der Waals surface area contributed by atoms with Crippen molar-refractivity contribution in [1.82, 2.24) is 5.32 Å². The summed E-state index contributed by atoms with van der Waals surface area (Å²) in [7, 11) is 3.01. The Morgan fingerprint density at radius 2 is 2.25 bits per heavy atom. The Kier molecular flexibility index (Phi) is 5.09. The Morgan fingerprint density at radius 3 is 2.85 bits per heavy atom. The molecule has 1 heterocycles. The standard InChI is InChI=1S/C14H18ClNO4/c1-18-12-6-10(5-11(15)13(12)19-2)14(17)16-7-9-3-4-20-8-9/h5-6,9H,3-4,7-8H2,1-2H3,(H,16,17)/t9-/m0/s1. The van der Waals surface area contributed by atoms with E-state index in [2.05, 4.69) is 5.32 Å². The van der Waals surface area contributed by atoms with E-state index in [0.29, 0.717) is 41.2 Å². The van der Waals surface area contributed by atoms with Gasteiger partial charge in [0.1, 0.15) is 0 Å². The number of methoxy groups -OCH3 is 2. The van der Waals surface area contributed by atoms with Gasteiger partial charge in [-0.25, -0.2) is 0 Å². The van der Waals surface area contributed by atoms with Crippen molar-refractivity contribution >= 4 is 17.5 Å². The summed E-state index contributed by atoms with van der Waals surface area (Å²) in [4.78, 5) is 12.1. The Labute approximate surface area is 123 Å². The number of carbonyl (C=O) groups excluding carboxylic acids is 1. The molecule has 1 atom stereocenters. The molecule has 1 fully saturated rings. The third-order valence-electron chi connectivity index (χ3n) is 3.27. The van der Waals surface area contributed by atoms with Crippen LogP contribution < -0.4 is 14.8 Å². The molecule has 1 N–H and O–H groups in total. The predicted molar refractivity (Wildman–Crippen MR) is 75.8 cm³/mol. The Hall–Kier alpha value is -1.46. The number of ether oxygens (including phenoxy) is 3. The average molecular weight is 300 g/mol. The minimum atomic E-state index is -0.181. The molecule has 1 amide bonds. The van der Waals surface area contributed by atoms with Crippen LogP contribution >= 0.6 is 11.6 Å². The highest BCUT2D eigenvalue weighted by atomic mass is 35.5. The van der Waals surface area contributed by atoms with E-state index in [1.165, 1.54) is 14.2 Å². The lowest BCUT2D eigenvalue weighted by molar-refractivity contribution is 0.0944. The number of amides is 1. The van der Waals surface area contributed by atoms with Gasteiger partial charge in [-0.15, -0.1) is 0 Å². The summed E-state index contributed by atoms with van der Waals surface area (Å²) in [5.41, 5.74) is 0.451. The van der Waals surface area contributed by atoms with Crippen molar-refractivity contribution in [2.75, 3.05) is 34.0 Å². The second-order valence-corrected chi connectivity index (χ2v) is 5.04. The van der Waals surface area contributed by atoms with Gasteiger partial charge in [0, 0.05) is 24.6 Å². The molecule has 1 aromatic carbocycles. The van der Waals surface area contributed by atoms with Crippen molar-refractivity contribution in [3.05, 3.63) is 22.7 Å². The van der Waals surface area contributed by atoms with E-state index in [9.17, 15) is 4.79 Å². The predicted octanol–water partition coefficient (Wildman–Crippen LogP) is 2.12. The highest BCUT2D eigenvalue weighted by molar-refractivity contribution is 6.32. The van der Waals surface area contributed by atoms with Crippen molar-refractivity contribution in [3.63, 3.8) is 0 Å². The summed E-state index contributed by atoms with van der Waals surface area (Å²) in [6.45, 7) is 2.07. The molecule has 6 heteroatoms. The third-order valence-corrected chi connectivity index (χ3v) is 3.55. The SMILES string of the molecule is COc1cc(C(=O)NC[C@@H]2CCOC2)cc(Cl)c1OC. The number of nitrogens with one attached hydrogen (secondary N) is 1. The summed E-state index contributed by atoms with van der Waals surface area (Å²) in [5, 5.41) is 3.23. The second-order valence-electron chi connectivity index (χ2n) is 4.63. The molecule has 0 spiro atoms. The van der Waals surface area contributed by atoms with E-state index in [0.717, 1.165) is 13.0 Å². The van der Waals surface area contributed by atoms with Crippen LogP contribution in [0.15, 0.2) is 12.1 Å². The summed E-state index contributed by atoms with van der Waals surface area (Å²) >= 11 is 6.08. The molecule has 1 saturated heterocycles. The maximum atomic E-state index is 12.1. The normalized spacial score (nSPS) is 17.9. The first kappa shape index (κ1) is 14.9. The molecule has 5 nitrogen and oxygen atoms in total. The smallest absolute Gasteiger partial charge is 0.251 e. The monoisotopic (exact) mass is 299 g/mol. The van der Waals surface area contributed by atoms with Crippen LogP contribution in [0.5, 0.6) is 11.5 Å². The van der Waals surface area contributed by atoms with E-state index in [1.54, 1.807) is 12.1 Å². The molecule has 0 bridgehead atoms. The van der Waals surface area contributed by atoms with Crippen LogP contribution in [0, 0.1) is 5.92 Å². The van der Waals surface area contributed by atoms with Gasteiger partial charge in [-0.2, -0.15) is 0 Å². The Morgan fingerprint density at radius 1 is 1.45 bits per heavy atom. The molecule has 110 valence electrons. The molecule has 0 saturated carbocycles. The van der Waals surface area contributed by atoms with Crippen molar-refractivity contribution in [2.24, 2.45) is 5.92 Å². The quantitative estimate of drug-likeness (QED) is 0.905. The molecule has 1 aliphatic heterocycles. The maximum Gasteiger partial charge on any atom is 0.251 e. The average Bonchev–Trinajstić information content (AvgIpc) is 2.97. The van der Waals surface area contributed by atoms with Gasteiger partial charge in [0.2, 0.25) is 0 Å². The zero-order valence-corrected chi connectivity index (χ0v) is 12.3. The van der Waals surface area contributed by atoms with Gasteiger partial charge >= 0.3 is 0 Å². The van der Waals surface area contributed by atoms with Gasteiger partial charge in [-0.05, 0) is 18.6 Å². The lowest BCUT2D eigenvalue weighted by Crippen LogP contribution is -2.29. The van der Waals surface area contributed by atoms with Gasteiger partial charge in [0.25, 0.3) is 5.91 Å². The van der Waals surface area contributed by atoms with Crippen molar-refractivity contribution < 1.29 is 19.0 Å². The lowest BCUT2D eigenvalue weighted by atomic mass is 10.1. The maximum absolute atomic E-state index is 12.1. The van der Waals surface area contributed by atoms with Crippen molar-refractivity contribution in [2.45, 2.75) is 6.42 Å². The second kappa shape index (κ2) is 6.81. The van der Waals surface area contributed by atoms with Gasteiger partial charge in [0.05, 0.1) is 25.8 Å². The molecule has 20 heavy (non-hydrogen) atoms. The number of rotatable bonds is 5. The molecule has 0 radical (unpaired) electrons. The summed E-state index contributed by atoms with van der Waals surface area (Å²) in [6, 6.07) is 3.19. The summed E-state index contributed by atoms with van der Waals surface area (Å²) in [6.07, 6.45) is 0.979. The topological polar surface area (TPSA) is 56.8 Å². The third kappa shape index (κ3) is 3.35. The minimum Gasteiger partial charge on any atom is -0.493 e. The molecule has 1 aliphatic rings. The fourth-order valence-electron chi connectivity index (χ4n) is 2.13. The van der Waals surface area contributed by atoms with Crippen molar-refractivity contribution in [3.8, 4) is 11.5 Å². The van der Waals surface area contributed by atoms with Crippen LogP contribution in [-0.4, -0.2) is 39.9 Å². The number of benzene rings is 1. The Balaban J connectivity index is 2.07. The van der Waals surface area contributed by atoms with E-state index in [1.807, 2.05) is 0 Å². The van der Waals surface area contributed by atoms with Gasteiger partial charge < -0.3 is 19.5 Å². The van der Waals surface area contributed by atoms with Crippen LogP contribution in [0.3, 0.4) is 0 Å². The first-order valence-corrected chi connectivity index (χ1v) is 6.81. The molecular weight excluding hydrogens is 282 g/mol. The number of hydrogen-bond acceptors (Lipinski definition) is 4. The van der Waals surface area contributed by atoms with Crippen molar-refractivity contribution in [1.29, 1.82) is 0 Å². The summed E-state index contributed by atoms with van der Waals surface area (Å²) in [5.74, 6) is 1.07. The summed E-state index contributed by atoms with van der Waals surface area (Å²) < 4.78 is 15.6. The number of halogens is 1. The molecule has 2 rings (SSSR count). The van der Waals surface area contributed by atoms with E-state index in [4.69, 9.17) is 25.8 Å². The number of hydrogen-bond donors (Lipinski definition) is 1. The van der Waals surface area contributed by atoms with Crippen LogP contribution in [-0.2, 0) is 4.74 Å². The Bertz CT molecular complexity index is 486. The van der Waals surface area contributed by atoms with Crippen LogP contribution in [0.25, 0.3) is 0 Å². The van der Waals surface area contributed by atoms with Crippen LogP contribution in [0.1, 0.15) is 16.8 Å². The largest absolute Gasteiger partial charge is 0.493 e. The van der Waals surface area contributed by atoms with Gasteiger partial charge in [-0.1, -0.05) is 11.6 Å². The van der Waals surface area contributed by atoms with E-state index >= 15 is 0 Å². The molecule has 1 aromatic rings. The zero-order chi connectivity index (χ0) is 14.5. The fraction of sp³-hybridized carbons (Fsp3) is 0.500. The molecule has 0 aliphatic carbocycles. The van der Waals surface area contributed by atoms with Gasteiger partial charge in [-0.3, -0.25) is 4.79 Å². The first-order valence-electron chi connectivity index (χ1n) is 6.43. The molecular formula is C14H18ClNO4. The first-order chi connectivity index (χ1) is 9.65. The zero-order valence-electron chi connectivity index (χ0n) is 11.6. The molecule has 0 unspecified atom stereocenters. The highest BCUT2D eigenvalue weighted by Crippen LogP contribution is 2.35. The van der Waals surface area contributed by atoms with Crippen LogP contribution in [0.4, 0.5) is 0 Å². The minimum absolute atomic E-state index is 0.181. The highest BCUT2D eigenvalue weighted by Gasteiger charge is 2.18. The van der Waals surface area contributed by atoms with E-state index in [-0.39, 0.29) is 5.91 Å².